The van der Waals surface area contributed by atoms with Gasteiger partial charge in [0.05, 0.1) is 0 Å². The van der Waals surface area contributed by atoms with Gasteiger partial charge in [-0.2, -0.15) is 0 Å². The number of hydrogen-bond acceptors (Lipinski definition) is 4. The minimum absolute atomic E-state index is 0.0648. The van der Waals surface area contributed by atoms with Crippen molar-refractivity contribution in [1.29, 1.82) is 0 Å². The van der Waals surface area contributed by atoms with Crippen LogP contribution in [0.4, 0.5) is 0 Å². The lowest BCUT2D eigenvalue weighted by molar-refractivity contribution is -0.134. The van der Waals surface area contributed by atoms with Gasteiger partial charge in [-0.15, -0.1) is 0 Å². The Bertz CT molecular complexity index is 353. The second-order valence-corrected chi connectivity index (χ2v) is 4.39. The minimum Gasteiger partial charge on any atom is -0.477 e. The molecule has 0 bridgehead atoms. The number of carbonyl (C=O) groups excluding carboxylic acids is 1. The highest BCUT2D eigenvalue weighted by Crippen LogP contribution is 2.18. The molecule has 3 N–H and O–H groups in total. The molecule has 0 saturated carbocycles. The summed E-state index contributed by atoms with van der Waals surface area (Å²) in [5, 5.41) is 11.7. The van der Waals surface area contributed by atoms with Crippen molar-refractivity contribution in [3.05, 3.63) is 11.8 Å². The highest BCUT2D eigenvalue weighted by molar-refractivity contribution is 5.86. The van der Waals surface area contributed by atoms with Crippen LogP contribution in [0.3, 0.4) is 0 Å². The molecule has 0 radical (unpaired) electrons. The summed E-state index contributed by atoms with van der Waals surface area (Å²) in [4.78, 5) is 27.2. The van der Waals surface area contributed by atoms with Gasteiger partial charge in [-0.1, -0.05) is 6.42 Å². The number of carbonyl (C=O) groups is 2. The third kappa shape index (κ3) is 3.20. The second-order valence-electron chi connectivity index (χ2n) is 4.39. The molecular formula is C11H16N2O4. The number of hydroxylamine groups is 1. The zero-order chi connectivity index (χ0) is 12.3. The molecule has 2 atom stereocenters. The molecular weight excluding hydrogens is 224 g/mol. The van der Waals surface area contributed by atoms with Crippen LogP contribution in [0.1, 0.15) is 32.1 Å². The lowest BCUT2D eigenvalue weighted by atomic mass is 10.0. The average Bonchev–Trinajstić information content (AvgIpc) is 2.63. The van der Waals surface area contributed by atoms with Crippen molar-refractivity contribution in [3.8, 4) is 0 Å². The lowest BCUT2D eigenvalue weighted by Gasteiger charge is -2.17. The zero-order valence-electron chi connectivity index (χ0n) is 9.44. The Hall–Kier alpha value is -1.56. The first-order valence-corrected chi connectivity index (χ1v) is 5.81. The topological polar surface area (TPSA) is 87.7 Å². The van der Waals surface area contributed by atoms with Gasteiger partial charge in [-0.05, 0) is 18.9 Å². The summed E-state index contributed by atoms with van der Waals surface area (Å²) in [6, 6.07) is 0.0706. The van der Waals surface area contributed by atoms with Gasteiger partial charge in [-0.25, -0.2) is 4.79 Å². The van der Waals surface area contributed by atoms with Gasteiger partial charge in [0.15, 0.2) is 0 Å². The Labute approximate surface area is 99.0 Å². The van der Waals surface area contributed by atoms with Crippen molar-refractivity contribution in [3.63, 3.8) is 0 Å². The molecule has 0 aromatic rings. The van der Waals surface area contributed by atoms with Crippen molar-refractivity contribution in [1.82, 2.24) is 10.8 Å². The normalized spacial score (nSPS) is 28.9. The quantitative estimate of drug-likeness (QED) is 0.660. The maximum Gasteiger partial charge on any atom is 0.354 e. The highest BCUT2D eigenvalue weighted by atomic mass is 16.7. The van der Waals surface area contributed by atoms with Crippen molar-refractivity contribution < 1.29 is 19.5 Å². The molecule has 0 spiro atoms. The van der Waals surface area contributed by atoms with Crippen LogP contribution in [0.25, 0.3) is 0 Å². The Balaban J connectivity index is 1.88. The molecule has 2 aliphatic rings. The first-order chi connectivity index (χ1) is 8.15. The summed E-state index contributed by atoms with van der Waals surface area (Å²) in [5.41, 5.74) is 2.44. The van der Waals surface area contributed by atoms with Gasteiger partial charge >= 0.3 is 5.97 Å². The van der Waals surface area contributed by atoms with Gasteiger partial charge in [0.25, 0.3) is 0 Å². The number of rotatable bonds is 3. The number of aliphatic carboxylic acids is 1. The molecule has 2 rings (SSSR count). The number of carboxylic acids is 1. The summed E-state index contributed by atoms with van der Waals surface area (Å²) in [5.74, 6) is -0.960. The molecule has 17 heavy (non-hydrogen) atoms. The molecule has 0 aromatic carbocycles. The van der Waals surface area contributed by atoms with Crippen LogP contribution >= 0.6 is 0 Å². The number of hydrogen-bond donors (Lipinski definition) is 3. The van der Waals surface area contributed by atoms with Crippen LogP contribution in [-0.2, 0) is 14.4 Å². The standard InChI is InChI=1S/C11H16N2O4/c14-10-4-2-1-3-7(12-10)5-8-6-9(11(15)16)13-17-8/h6-8,13H,1-5H2,(H,12,14)(H,15,16). The molecule has 1 saturated heterocycles. The van der Waals surface area contributed by atoms with Crippen LogP contribution in [0.15, 0.2) is 11.8 Å². The van der Waals surface area contributed by atoms with Gasteiger partial charge < -0.3 is 10.4 Å². The van der Waals surface area contributed by atoms with E-state index in [1.807, 2.05) is 0 Å². The van der Waals surface area contributed by atoms with E-state index in [1.165, 1.54) is 0 Å². The molecule has 2 heterocycles. The van der Waals surface area contributed by atoms with E-state index in [1.54, 1.807) is 6.08 Å². The summed E-state index contributed by atoms with van der Waals surface area (Å²) >= 11 is 0. The van der Waals surface area contributed by atoms with Crippen LogP contribution in [-0.4, -0.2) is 29.1 Å². The van der Waals surface area contributed by atoms with Gasteiger partial charge in [0, 0.05) is 18.9 Å². The Morgan fingerprint density at radius 3 is 3.06 bits per heavy atom. The number of nitrogens with one attached hydrogen (secondary N) is 2. The maximum atomic E-state index is 11.4. The van der Waals surface area contributed by atoms with Crippen LogP contribution in [0.2, 0.25) is 0 Å². The van der Waals surface area contributed by atoms with E-state index in [9.17, 15) is 9.59 Å². The van der Waals surface area contributed by atoms with E-state index < -0.39 is 5.97 Å². The molecule has 0 aromatic heterocycles. The number of amides is 1. The second kappa shape index (κ2) is 5.18. The fourth-order valence-electron chi connectivity index (χ4n) is 2.13. The van der Waals surface area contributed by atoms with Crippen molar-refractivity contribution in [2.45, 2.75) is 44.2 Å². The predicted molar refractivity (Wildman–Crippen MR) is 58.7 cm³/mol. The Kier molecular flexibility index (Phi) is 3.63. The fraction of sp³-hybridized carbons (Fsp3) is 0.636. The van der Waals surface area contributed by atoms with Crippen molar-refractivity contribution in [2.75, 3.05) is 0 Å². The molecule has 1 amide bonds. The maximum absolute atomic E-state index is 11.4. The zero-order valence-corrected chi connectivity index (χ0v) is 9.44. The first kappa shape index (κ1) is 11.9. The molecule has 0 aliphatic carbocycles. The van der Waals surface area contributed by atoms with Crippen molar-refractivity contribution in [2.24, 2.45) is 0 Å². The summed E-state index contributed by atoms with van der Waals surface area (Å²) < 4.78 is 0. The fourth-order valence-corrected chi connectivity index (χ4v) is 2.13. The first-order valence-electron chi connectivity index (χ1n) is 5.81. The van der Waals surface area contributed by atoms with Crippen LogP contribution in [0.5, 0.6) is 0 Å². The monoisotopic (exact) mass is 240 g/mol. The van der Waals surface area contributed by atoms with Gasteiger partial charge in [0.2, 0.25) is 5.91 Å². The average molecular weight is 240 g/mol. The minimum atomic E-state index is -1.03. The molecule has 6 nitrogen and oxygen atoms in total. The molecule has 2 aliphatic heterocycles. The smallest absolute Gasteiger partial charge is 0.354 e. The SMILES string of the molecule is O=C1CCCCC(CC2C=C(C(=O)O)NO2)N1. The van der Waals surface area contributed by atoms with E-state index in [2.05, 4.69) is 10.8 Å². The van der Waals surface area contributed by atoms with Gasteiger partial charge in [-0.3, -0.25) is 15.1 Å². The van der Waals surface area contributed by atoms with Gasteiger partial charge in [0.1, 0.15) is 11.8 Å². The van der Waals surface area contributed by atoms with E-state index in [0.717, 1.165) is 19.3 Å². The number of carboxylic acid groups (broad SMARTS) is 1. The van der Waals surface area contributed by atoms with Crippen LogP contribution in [0, 0.1) is 0 Å². The molecule has 1 fully saturated rings. The Morgan fingerprint density at radius 2 is 2.35 bits per heavy atom. The highest BCUT2D eigenvalue weighted by Gasteiger charge is 2.25. The summed E-state index contributed by atoms with van der Waals surface area (Å²) in [7, 11) is 0. The van der Waals surface area contributed by atoms with Crippen LogP contribution < -0.4 is 10.8 Å². The Morgan fingerprint density at radius 1 is 1.53 bits per heavy atom. The predicted octanol–water partition coefficient (Wildman–Crippen LogP) is 0.307. The molecule has 6 heteroatoms. The third-order valence-corrected chi connectivity index (χ3v) is 2.99. The molecule has 2 unspecified atom stereocenters. The summed E-state index contributed by atoms with van der Waals surface area (Å²) in [6.07, 6.45) is 5.29. The lowest BCUT2D eigenvalue weighted by Crippen LogP contribution is -2.35. The van der Waals surface area contributed by atoms with E-state index in [-0.39, 0.29) is 23.8 Å². The van der Waals surface area contributed by atoms with Crippen molar-refractivity contribution >= 4 is 11.9 Å². The third-order valence-electron chi connectivity index (χ3n) is 2.99. The molecule has 94 valence electrons. The van der Waals surface area contributed by atoms with E-state index >= 15 is 0 Å². The largest absolute Gasteiger partial charge is 0.477 e. The summed E-state index contributed by atoms with van der Waals surface area (Å²) in [6.45, 7) is 0. The van der Waals surface area contributed by atoms with E-state index in [0.29, 0.717) is 12.8 Å². The van der Waals surface area contributed by atoms with E-state index in [4.69, 9.17) is 9.94 Å².